The number of pyridine rings is 1. The van der Waals surface area contributed by atoms with Crippen LogP contribution < -0.4 is 10.1 Å². The highest BCUT2D eigenvalue weighted by Crippen LogP contribution is 2.21. The van der Waals surface area contributed by atoms with Gasteiger partial charge < -0.3 is 10.1 Å². The Hall–Kier alpha value is -2.63. The fourth-order valence-electron chi connectivity index (χ4n) is 1.65. The average Bonchev–Trinajstić information content (AvgIpc) is 2.45. The lowest BCUT2D eigenvalue weighted by Gasteiger charge is -2.09. The van der Waals surface area contributed by atoms with E-state index in [1.807, 2.05) is 6.07 Å². The van der Waals surface area contributed by atoms with Crippen molar-refractivity contribution in [3.05, 3.63) is 58.3 Å². The minimum Gasteiger partial charge on any atom is -0.493 e. The second kappa shape index (κ2) is 5.81. The van der Waals surface area contributed by atoms with Gasteiger partial charge in [0.15, 0.2) is 11.6 Å². The van der Waals surface area contributed by atoms with Gasteiger partial charge in [0.05, 0.1) is 12.0 Å². The smallest absolute Gasteiger partial charge is 0.269 e. The number of nitro benzene ring substituents is 1. The Kier molecular flexibility index (Phi) is 3.92. The molecule has 98 valence electrons. The molecule has 2 rings (SSSR count). The van der Waals surface area contributed by atoms with Crippen LogP contribution in [0.15, 0.2) is 42.6 Å². The third-order valence-electron chi connectivity index (χ3n) is 2.57. The van der Waals surface area contributed by atoms with Crippen LogP contribution in [0.4, 0.5) is 11.5 Å². The fourth-order valence-corrected chi connectivity index (χ4v) is 1.65. The van der Waals surface area contributed by atoms with Crippen LogP contribution in [0.2, 0.25) is 0 Å². The summed E-state index contributed by atoms with van der Waals surface area (Å²) in [6.45, 7) is 0.440. The molecule has 6 nitrogen and oxygen atoms in total. The monoisotopic (exact) mass is 259 g/mol. The van der Waals surface area contributed by atoms with Crippen molar-refractivity contribution in [3.63, 3.8) is 0 Å². The Bertz CT molecular complexity index is 587. The van der Waals surface area contributed by atoms with Gasteiger partial charge in [-0.05, 0) is 17.7 Å². The Labute approximate surface area is 110 Å². The molecule has 0 unspecified atom stereocenters. The van der Waals surface area contributed by atoms with Gasteiger partial charge in [-0.25, -0.2) is 4.98 Å². The van der Waals surface area contributed by atoms with Crippen molar-refractivity contribution in [3.8, 4) is 5.75 Å². The topological polar surface area (TPSA) is 77.3 Å². The van der Waals surface area contributed by atoms with Gasteiger partial charge in [-0.1, -0.05) is 12.1 Å². The van der Waals surface area contributed by atoms with E-state index in [4.69, 9.17) is 4.74 Å². The van der Waals surface area contributed by atoms with E-state index in [2.05, 4.69) is 10.3 Å². The van der Waals surface area contributed by atoms with Gasteiger partial charge in [0.2, 0.25) is 0 Å². The summed E-state index contributed by atoms with van der Waals surface area (Å²) >= 11 is 0. The van der Waals surface area contributed by atoms with Crippen LogP contribution in [0.5, 0.6) is 5.75 Å². The summed E-state index contributed by atoms with van der Waals surface area (Å²) in [7, 11) is 1.57. The second-order valence-corrected chi connectivity index (χ2v) is 3.83. The second-order valence-electron chi connectivity index (χ2n) is 3.83. The van der Waals surface area contributed by atoms with Crippen molar-refractivity contribution in [1.29, 1.82) is 0 Å². The molecule has 2 aromatic rings. The summed E-state index contributed by atoms with van der Waals surface area (Å²) in [5.41, 5.74) is 0.884. The van der Waals surface area contributed by atoms with E-state index in [-0.39, 0.29) is 5.69 Å². The van der Waals surface area contributed by atoms with Crippen LogP contribution in [0, 0.1) is 10.1 Å². The molecule has 0 aliphatic heterocycles. The van der Waals surface area contributed by atoms with Crippen molar-refractivity contribution >= 4 is 11.5 Å². The van der Waals surface area contributed by atoms with E-state index in [1.165, 1.54) is 12.1 Å². The maximum Gasteiger partial charge on any atom is 0.269 e. The van der Waals surface area contributed by atoms with Crippen LogP contribution in [0.3, 0.4) is 0 Å². The molecule has 0 saturated heterocycles. The molecule has 1 aromatic carbocycles. The van der Waals surface area contributed by atoms with Crippen molar-refractivity contribution < 1.29 is 9.66 Å². The molecule has 1 heterocycles. The lowest BCUT2D eigenvalue weighted by Crippen LogP contribution is -2.03. The van der Waals surface area contributed by atoms with E-state index in [1.54, 1.807) is 31.5 Å². The van der Waals surface area contributed by atoms with Gasteiger partial charge in [0.25, 0.3) is 5.69 Å². The van der Waals surface area contributed by atoms with Gasteiger partial charge in [-0.3, -0.25) is 10.1 Å². The Morgan fingerprint density at radius 2 is 2.21 bits per heavy atom. The Morgan fingerprint density at radius 1 is 1.37 bits per heavy atom. The average molecular weight is 259 g/mol. The maximum absolute atomic E-state index is 10.7. The van der Waals surface area contributed by atoms with Crippen molar-refractivity contribution in [2.45, 2.75) is 6.54 Å². The first kappa shape index (κ1) is 12.8. The number of nitro groups is 1. The highest BCUT2D eigenvalue weighted by atomic mass is 16.6. The minimum atomic E-state index is -0.412. The summed E-state index contributed by atoms with van der Waals surface area (Å²) < 4.78 is 5.16. The first-order valence-electron chi connectivity index (χ1n) is 5.67. The zero-order valence-corrected chi connectivity index (χ0v) is 10.4. The molecular weight excluding hydrogens is 246 g/mol. The zero-order valence-electron chi connectivity index (χ0n) is 10.4. The van der Waals surface area contributed by atoms with Crippen LogP contribution in [0.25, 0.3) is 0 Å². The summed E-state index contributed by atoms with van der Waals surface area (Å²) in [4.78, 5) is 14.4. The molecule has 0 bridgehead atoms. The lowest BCUT2D eigenvalue weighted by molar-refractivity contribution is -0.384. The molecule has 0 aliphatic rings. The van der Waals surface area contributed by atoms with Crippen LogP contribution in [-0.4, -0.2) is 17.0 Å². The number of hydrogen-bond donors (Lipinski definition) is 1. The molecule has 0 saturated carbocycles. The number of nitrogens with zero attached hydrogens (tertiary/aromatic N) is 2. The zero-order chi connectivity index (χ0) is 13.7. The molecule has 6 heteroatoms. The number of non-ortho nitro benzene ring substituents is 1. The molecule has 0 atom stereocenters. The first-order chi connectivity index (χ1) is 9.20. The normalized spacial score (nSPS) is 9.95. The quantitative estimate of drug-likeness (QED) is 0.659. The highest BCUT2D eigenvalue weighted by Gasteiger charge is 2.07. The Morgan fingerprint density at radius 3 is 2.95 bits per heavy atom. The van der Waals surface area contributed by atoms with Crippen molar-refractivity contribution in [2.75, 3.05) is 12.4 Å². The number of benzene rings is 1. The van der Waals surface area contributed by atoms with E-state index in [0.717, 1.165) is 5.56 Å². The predicted molar refractivity (Wildman–Crippen MR) is 71.2 cm³/mol. The van der Waals surface area contributed by atoms with Gasteiger partial charge in [-0.15, -0.1) is 0 Å². The molecule has 0 fully saturated rings. The van der Waals surface area contributed by atoms with Gasteiger partial charge in [-0.2, -0.15) is 0 Å². The van der Waals surface area contributed by atoms with Crippen molar-refractivity contribution in [1.82, 2.24) is 4.98 Å². The van der Waals surface area contributed by atoms with Gasteiger partial charge >= 0.3 is 0 Å². The largest absolute Gasteiger partial charge is 0.493 e. The summed E-state index contributed by atoms with van der Waals surface area (Å²) in [6, 6.07) is 10.0. The van der Waals surface area contributed by atoms with Crippen molar-refractivity contribution in [2.24, 2.45) is 0 Å². The molecule has 0 spiro atoms. The number of hydrogen-bond acceptors (Lipinski definition) is 5. The number of ether oxygens (including phenoxy) is 1. The van der Waals surface area contributed by atoms with Crippen LogP contribution >= 0.6 is 0 Å². The summed E-state index contributed by atoms with van der Waals surface area (Å²) in [5, 5.41) is 13.8. The first-order valence-corrected chi connectivity index (χ1v) is 5.67. The lowest BCUT2D eigenvalue weighted by atomic mass is 10.2. The van der Waals surface area contributed by atoms with E-state index >= 15 is 0 Å². The predicted octanol–water partition coefficient (Wildman–Crippen LogP) is 2.61. The number of methoxy groups -OCH3 is 1. The molecule has 1 aromatic heterocycles. The van der Waals surface area contributed by atoms with Gasteiger partial charge in [0.1, 0.15) is 0 Å². The highest BCUT2D eigenvalue weighted by molar-refractivity contribution is 5.50. The van der Waals surface area contributed by atoms with E-state index < -0.39 is 4.92 Å². The van der Waals surface area contributed by atoms with Crippen LogP contribution in [0.1, 0.15) is 5.56 Å². The van der Waals surface area contributed by atoms with E-state index in [9.17, 15) is 10.1 Å². The molecule has 0 amide bonds. The standard InChI is InChI=1S/C13H13N3O3/c1-19-12-6-3-7-14-13(12)15-9-10-4-2-5-11(8-10)16(17)18/h2-8H,9H2,1H3,(H,14,15). The summed E-state index contributed by atoms with van der Waals surface area (Å²) in [6.07, 6.45) is 1.65. The molecule has 1 N–H and O–H groups in total. The third kappa shape index (κ3) is 3.19. The number of aromatic nitrogens is 1. The molecular formula is C13H13N3O3. The SMILES string of the molecule is COc1cccnc1NCc1cccc([N+](=O)[O-])c1. The van der Waals surface area contributed by atoms with Gasteiger partial charge in [0, 0.05) is 24.9 Å². The summed E-state index contributed by atoms with van der Waals surface area (Å²) in [5.74, 6) is 1.24. The Balaban J connectivity index is 2.10. The molecule has 0 aliphatic carbocycles. The molecule has 0 radical (unpaired) electrons. The number of rotatable bonds is 5. The van der Waals surface area contributed by atoms with Crippen LogP contribution in [-0.2, 0) is 6.54 Å². The number of nitrogens with one attached hydrogen (secondary N) is 1. The maximum atomic E-state index is 10.7. The third-order valence-corrected chi connectivity index (χ3v) is 2.57. The number of anilines is 1. The van der Waals surface area contributed by atoms with E-state index in [0.29, 0.717) is 18.1 Å². The fraction of sp³-hybridized carbons (Fsp3) is 0.154. The molecule has 19 heavy (non-hydrogen) atoms. The minimum absolute atomic E-state index is 0.0762.